The van der Waals surface area contributed by atoms with Gasteiger partial charge >= 0.3 is 0 Å². The molecule has 2 aliphatic rings. The van der Waals surface area contributed by atoms with Crippen molar-refractivity contribution >= 4 is 11.7 Å². The molecule has 1 aromatic heterocycles. The number of aryl methyl sites for hydroxylation is 1. The fourth-order valence-electron chi connectivity index (χ4n) is 3.57. The van der Waals surface area contributed by atoms with Crippen LogP contribution in [0.1, 0.15) is 25.0 Å². The van der Waals surface area contributed by atoms with Crippen molar-refractivity contribution in [2.45, 2.75) is 26.2 Å². The minimum Gasteiger partial charge on any atom is -0.383 e. The van der Waals surface area contributed by atoms with E-state index in [1.165, 1.54) is 0 Å². The van der Waals surface area contributed by atoms with Crippen molar-refractivity contribution in [3.8, 4) is 0 Å². The van der Waals surface area contributed by atoms with Crippen molar-refractivity contribution in [3.63, 3.8) is 0 Å². The van der Waals surface area contributed by atoms with Gasteiger partial charge in [-0.1, -0.05) is 0 Å². The number of amides is 1. The maximum atomic E-state index is 12.8. The Bertz CT molecular complexity index is 533. The van der Waals surface area contributed by atoms with E-state index >= 15 is 0 Å². The second-order valence-corrected chi connectivity index (χ2v) is 6.37. The summed E-state index contributed by atoms with van der Waals surface area (Å²) in [6, 6.07) is 3.98. The third kappa shape index (κ3) is 2.79. The summed E-state index contributed by atoms with van der Waals surface area (Å²) in [7, 11) is 1.68. The maximum Gasteiger partial charge on any atom is 0.230 e. The van der Waals surface area contributed by atoms with Gasteiger partial charge in [-0.2, -0.15) is 5.10 Å². The van der Waals surface area contributed by atoms with Crippen LogP contribution in [0, 0.1) is 12.3 Å². The van der Waals surface area contributed by atoms with Crippen molar-refractivity contribution in [2.75, 3.05) is 44.8 Å². The summed E-state index contributed by atoms with van der Waals surface area (Å²) in [5.41, 5.74) is 0.677. The molecule has 0 radical (unpaired) electrons. The number of nitrogens with zero attached hydrogens (tertiary/aromatic N) is 4. The number of piperidine rings is 1. The van der Waals surface area contributed by atoms with Gasteiger partial charge in [-0.05, 0) is 38.3 Å². The number of likely N-dealkylation sites (tertiary alicyclic amines) is 1. The smallest absolute Gasteiger partial charge is 0.230 e. The van der Waals surface area contributed by atoms with Crippen LogP contribution in [0.2, 0.25) is 0 Å². The van der Waals surface area contributed by atoms with Crippen LogP contribution in [0.4, 0.5) is 5.82 Å². The second kappa shape index (κ2) is 6.20. The van der Waals surface area contributed by atoms with Gasteiger partial charge in [0.15, 0.2) is 5.82 Å². The molecule has 6 heteroatoms. The van der Waals surface area contributed by atoms with Gasteiger partial charge in [0.05, 0.1) is 17.7 Å². The van der Waals surface area contributed by atoms with E-state index < -0.39 is 0 Å². The summed E-state index contributed by atoms with van der Waals surface area (Å²) in [6.45, 7) is 5.78. The van der Waals surface area contributed by atoms with E-state index in [0.29, 0.717) is 13.2 Å². The Balaban J connectivity index is 1.72. The highest BCUT2D eigenvalue weighted by Crippen LogP contribution is 2.40. The minimum atomic E-state index is -0.238. The zero-order valence-corrected chi connectivity index (χ0v) is 13.4. The molecule has 6 nitrogen and oxygen atoms in total. The molecule has 2 saturated heterocycles. The number of hydrogen-bond donors (Lipinski definition) is 0. The predicted molar refractivity (Wildman–Crippen MR) is 83.7 cm³/mol. The largest absolute Gasteiger partial charge is 0.383 e. The minimum absolute atomic E-state index is 0.238. The van der Waals surface area contributed by atoms with Crippen molar-refractivity contribution in [3.05, 3.63) is 17.8 Å². The van der Waals surface area contributed by atoms with Crippen LogP contribution >= 0.6 is 0 Å². The third-order valence-corrected chi connectivity index (χ3v) is 4.85. The number of rotatable bonds is 4. The molecule has 3 heterocycles. The molecular weight excluding hydrogens is 280 g/mol. The van der Waals surface area contributed by atoms with E-state index in [1.807, 2.05) is 24.0 Å². The number of aromatic nitrogens is 2. The summed E-state index contributed by atoms with van der Waals surface area (Å²) in [4.78, 5) is 17.0. The van der Waals surface area contributed by atoms with Crippen LogP contribution < -0.4 is 4.90 Å². The summed E-state index contributed by atoms with van der Waals surface area (Å²) in [6.07, 6.45) is 2.94. The standard InChI is InChI=1S/C16H24N4O2/c1-13-4-5-14(18-17-13)20-8-3-6-16(12-20)7-9-19(15(16)21)10-11-22-2/h4-5H,3,6-12H2,1-2H3. The number of carbonyl (C=O) groups is 1. The lowest BCUT2D eigenvalue weighted by Crippen LogP contribution is -2.48. The monoisotopic (exact) mass is 304 g/mol. The van der Waals surface area contributed by atoms with Crippen LogP contribution in [0.25, 0.3) is 0 Å². The molecule has 0 bridgehead atoms. The zero-order valence-electron chi connectivity index (χ0n) is 13.4. The molecule has 0 saturated carbocycles. The normalized spacial score (nSPS) is 25.3. The maximum absolute atomic E-state index is 12.8. The van der Waals surface area contributed by atoms with Crippen LogP contribution in [-0.2, 0) is 9.53 Å². The van der Waals surface area contributed by atoms with Crippen molar-refractivity contribution in [1.29, 1.82) is 0 Å². The molecule has 0 aromatic carbocycles. The van der Waals surface area contributed by atoms with Gasteiger partial charge in [0, 0.05) is 33.3 Å². The van der Waals surface area contributed by atoms with Crippen LogP contribution in [-0.4, -0.2) is 60.9 Å². The first-order valence-electron chi connectivity index (χ1n) is 7.98. The molecule has 22 heavy (non-hydrogen) atoms. The molecule has 2 fully saturated rings. The van der Waals surface area contributed by atoms with E-state index in [2.05, 4.69) is 15.1 Å². The average Bonchev–Trinajstić information content (AvgIpc) is 2.83. The lowest BCUT2D eigenvalue weighted by Gasteiger charge is -2.39. The Labute approximate surface area is 131 Å². The molecule has 1 spiro atoms. The van der Waals surface area contributed by atoms with E-state index in [0.717, 1.165) is 50.4 Å². The van der Waals surface area contributed by atoms with Crippen molar-refractivity contribution in [2.24, 2.45) is 5.41 Å². The van der Waals surface area contributed by atoms with Crippen LogP contribution in [0.3, 0.4) is 0 Å². The van der Waals surface area contributed by atoms with E-state index in [1.54, 1.807) is 7.11 Å². The number of carbonyl (C=O) groups excluding carboxylic acids is 1. The molecule has 1 atom stereocenters. The van der Waals surface area contributed by atoms with Gasteiger partial charge in [-0.15, -0.1) is 5.10 Å². The van der Waals surface area contributed by atoms with E-state index in [9.17, 15) is 4.79 Å². The van der Waals surface area contributed by atoms with Crippen molar-refractivity contribution < 1.29 is 9.53 Å². The Hall–Kier alpha value is -1.69. The summed E-state index contributed by atoms with van der Waals surface area (Å²) in [5.74, 6) is 1.17. The predicted octanol–water partition coefficient (Wildman–Crippen LogP) is 1.25. The zero-order chi connectivity index (χ0) is 15.6. The highest BCUT2D eigenvalue weighted by Gasteiger charge is 2.48. The summed E-state index contributed by atoms with van der Waals surface area (Å²) >= 11 is 0. The highest BCUT2D eigenvalue weighted by molar-refractivity contribution is 5.85. The molecule has 1 aromatic rings. The first kappa shape index (κ1) is 15.2. The third-order valence-electron chi connectivity index (χ3n) is 4.85. The number of hydrogen-bond acceptors (Lipinski definition) is 5. The molecule has 0 N–H and O–H groups in total. The van der Waals surface area contributed by atoms with Crippen LogP contribution in [0.15, 0.2) is 12.1 Å². The molecule has 3 rings (SSSR count). The van der Waals surface area contributed by atoms with Gasteiger partial charge in [0.1, 0.15) is 0 Å². The van der Waals surface area contributed by atoms with Crippen LogP contribution in [0.5, 0.6) is 0 Å². The molecular formula is C16H24N4O2. The van der Waals surface area contributed by atoms with Gasteiger partial charge in [-0.3, -0.25) is 4.79 Å². The van der Waals surface area contributed by atoms with E-state index in [-0.39, 0.29) is 11.3 Å². The summed E-state index contributed by atoms with van der Waals surface area (Å²) < 4.78 is 5.11. The Morgan fingerprint density at radius 1 is 1.27 bits per heavy atom. The fourth-order valence-corrected chi connectivity index (χ4v) is 3.57. The topological polar surface area (TPSA) is 58.6 Å². The number of ether oxygens (including phenoxy) is 1. The lowest BCUT2D eigenvalue weighted by atomic mass is 9.78. The van der Waals surface area contributed by atoms with E-state index in [4.69, 9.17) is 4.74 Å². The fraction of sp³-hybridized carbons (Fsp3) is 0.688. The molecule has 1 unspecified atom stereocenters. The quantitative estimate of drug-likeness (QED) is 0.838. The summed E-state index contributed by atoms with van der Waals surface area (Å²) in [5, 5.41) is 8.42. The van der Waals surface area contributed by atoms with Gasteiger partial charge in [-0.25, -0.2) is 0 Å². The second-order valence-electron chi connectivity index (χ2n) is 6.37. The molecule has 2 aliphatic heterocycles. The Morgan fingerprint density at radius 3 is 2.86 bits per heavy atom. The Kier molecular flexibility index (Phi) is 4.29. The number of methoxy groups -OCH3 is 1. The average molecular weight is 304 g/mol. The lowest BCUT2D eigenvalue weighted by molar-refractivity contribution is -0.137. The van der Waals surface area contributed by atoms with Gasteiger partial charge in [0.2, 0.25) is 5.91 Å². The van der Waals surface area contributed by atoms with Crippen molar-refractivity contribution in [1.82, 2.24) is 15.1 Å². The molecule has 1 amide bonds. The highest BCUT2D eigenvalue weighted by atomic mass is 16.5. The first-order valence-corrected chi connectivity index (χ1v) is 7.98. The molecule has 120 valence electrons. The Morgan fingerprint density at radius 2 is 2.14 bits per heavy atom. The van der Waals surface area contributed by atoms with Gasteiger partial charge in [0.25, 0.3) is 0 Å². The molecule has 0 aliphatic carbocycles. The first-order chi connectivity index (χ1) is 10.6. The number of anilines is 1. The van der Waals surface area contributed by atoms with Gasteiger partial charge < -0.3 is 14.5 Å². The SMILES string of the molecule is COCCN1CCC2(CCCN(c3ccc(C)nn3)C2)C1=O.